The van der Waals surface area contributed by atoms with Crippen LogP contribution in [0, 0.1) is 0 Å². The summed E-state index contributed by atoms with van der Waals surface area (Å²) in [6.07, 6.45) is 4.63. The zero-order chi connectivity index (χ0) is 21.6. The first kappa shape index (κ1) is 22.0. The highest BCUT2D eigenvalue weighted by atomic mass is 35.5. The number of pyridine rings is 1. The summed E-state index contributed by atoms with van der Waals surface area (Å²) >= 11 is 6.29. The van der Waals surface area contributed by atoms with Crippen molar-refractivity contribution in [3.05, 3.63) is 64.0 Å². The van der Waals surface area contributed by atoms with Gasteiger partial charge in [0, 0.05) is 12.4 Å². The molecule has 0 saturated carbocycles. The first-order valence-electron chi connectivity index (χ1n) is 8.47. The van der Waals surface area contributed by atoms with E-state index >= 15 is 0 Å². The van der Waals surface area contributed by atoms with Crippen LogP contribution in [0.1, 0.15) is 18.1 Å². The fraction of sp³-hybridized carbons (Fsp3) is 0.190. The van der Waals surface area contributed by atoms with E-state index in [0.29, 0.717) is 28.2 Å². The lowest BCUT2D eigenvalue weighted by Crippen LogP contribution is -2.21. The summed E-state index contributed by atoms with van der Waals surface area (Å²) in [5, 5.41) is 0.282. The summed E-state index contributed by atoms with van der Waals surface area (Å²) in [6, 6.07) is 6.61. The van der Waals surface area contributed by atoms with E-state index in [4.69, 9.17) is 31.5 Å². The molecular formula is C21H21ClN2O5. The number of primary amides is 1. The quantitative estimate of drug-likeness (QED) is 0.422. The van der Waals surface area contributed by atoms with Gasteiger partial charge < -0.3 is 19.9 Å². The van der Waals surface area contributed by atoms with Crippen molar-refractivity contribution in [1.29, 1.82) is 0 Å². The summed E-state index contributed by atoms with van der Waals surface area (Å²) in [5.41, 5.74) is 7.21. The zero-order valence-electron chi connectivity index (χ0n) is 16.5. The molecule has 0 saturated heterocycles. The zero-order valence-corrected chi connectivity index (χ0v) is 17.2. The predicted molar refractivity (Wildman–Crippen MR) is 111 cm³/mol. The number of nitrogens with zero attached hydrogens (tertiary/aromatic N) is 1. The van der Waals surface area contributed by atoms with Gasteiger partial charge in [0.05, 0.1) is 37.5 Å². The molecule has 1 heterocycles. The SMILES string of the molecule is COC(=O)C(C(=Cc1ccncc1)C(N)=O)=C(C)c1cc(Cl)c(OC)c(OC)c1. The van der Waals surface area contributed by atoms with Gasteiger partial charge in [0.1, 0.15) is 0 Å². The van der Waals surface area contributed by atoms with Crippen molar-refractivity contribution in [3.8, 4) is 11.5 Å². The fourth-order valence-electron chi connectivity index (χ4n) is 2.74. The summed E-state index contributed by atoms with van der Waals surface area (Å²) in [6.45, 7) is 1.66. The first-order valence-corrected chi connectivity index (χ1v) is 8.84. The minimum Gasteiger partial charge on any atom is -0.493 e. The second-order valence-electron chi connectivity index (χ2n) is 5.89. The van der Waals surface area contributed by atoms with Crippen molar-refractivity contribution in [1.82, 2.24) is 4.98 Å². The molecule has 0 spiro atoms. The number of carbonyl (C=O) groups is 2. The fourth-order valence-corrected chi connectivity index (χ4v) is 3.03. The number of ether oxygens (including phenoxy) is 3. The Morgan fingerprint density at radius 1 is 1.10 bits per heavy atom. The van der Waals surface area contributed by atoms with Crippen LogP contribution in [-0.4, -0.2) is 38.2 Å². The number of allylic oxidation sites excluding steroid dienone is 1. The monoisotopic (exact) mass is 416 g/mol. The van der Waals surface area contributed by atoms with Crippen LogP contribution in [0.2, 0.25) is 5.02 Å². The van der Waals surface area contributed by atoms with Crippen molar-refractivity contribution in [2.24, 2.45) is 5.73 Å². The van der Waals surface area contributed by atoms with Crippen molar-refractivity contribution < 1.29 is 23.8 Å². The first-order chi connectivity index (χ1) is 13.8. The number of amides is 1. The van der Waals surface area contributed by atoms with Crippen LogP contribution in [0.5, 0.6) is 11.5 Å². The number of esters is 1. The molecule has 0 atom stereocenters. The normalized spacial score (nSPS) is 12.1. The number of halogens is 1. The number of aromatic nitrogens is 1. The van der Waals surface area contributed by atoms with Gasteiger partial charge in [0.15, 0.2) is 11.5 Å². The molecule has 0 unspecified atom stereocenters. The minimum absolute atomic E-state index is 0.00791. The van der Waals surface area contributed by atoms with Crippen LogP contribution in [0.4, 0.5) is 0 Å². The van der Waals surface area contributed by atoms with Crippen molar-refractivity contribution in [2.45, 2.75) is 6.92 Å². The predicted octanol–water partition coefficient (Wildman–Crippen LogP) is 3.27. The standard InChI is InChI=1S/C21H21ClN2O5/c1-12(14-10-16(22)19(28-3)17(11-14)27-2)18(21(26)29-4)15(20(23)25)9-13-5-7-24-8-6-13/h5-11H,1-4H3,(H2,23,25). The Balaban J connectivity index is 2.77. The van der Waals surface area contributed by atoms with Gasteiger partial charge >= 0.3 is 5.97 Å². The van der Waals surface area contributed by atoms with Gasteiger partial charge in [0.25, 0.3) is 0 Å². The van der Waals surface area contributed by atoms with Gasteiger partial charge in [-0.15, -0.1) is 0 Å². The highest BCUT2D eigenvalue weighted by Crippen LogP contribution is 2.39. The molecule has 7 nitrogen and oxygen atoms in total. The Morgan fingerprint density at radius 2 is 1.76 bits per heavy atom. The Hall–Kier alpha value is -3.32. The van der Waals surface area contributed by atoms with Crippen molar-refractivity contribution >= 4 is 35.1 Å². The minimum atomic E-state index is -0.784. The van der Waals surface area contributed by atoms with Gasteiger partial charge in [-0.2, -0.15) is 0 Å². The van der Waals surface area contributed by atoms with E-state index in [1.807, 2.05) is 0 Å². The topological polar surface area (TPSA) is 101 Å². The Bertz CT molecular complexity index is 984. The second-order valence-corrected chi connectivity index (χ2v) is 6.30. The largest absolute Gasteiger partial charge is 0.493 e. The van der Waals surface area contributed by atoms with Gasteiger partial charge in [-0.3, -0.25) is 9.78 Å². The summed E-state index contributed by atoms with van der Waals surface area (Å²) in [7, 11) is 4.16. The molecule has 152 valence electrons. The molecule has 0 bridgehead atoms. The average Bonchev–Trinajstić information content (AvgIpc) is 2.72. The van der Waals surface area contributed by atoms with Gasteiger partial charge in [0.2, 0.25) is 5.91 Å². The van der Waals surface area contributed by atoms with Crippen LogP contribution in [-0.2, 0) is 14.3 Å². The molecule has 0 fully saturated rings. The molecular weight excluding hydrogens is 396 g/mol. The molecule has 0 aliphatic rings. The molecule has 0 radical (unpaired) electrons. The van der Waals surface area contributed by atoms with Gasteiger partial charge in [-0.1, -0.05) is 11.6 Å². The number of hydrogen-bond acceptors (Lipinski definition) is 6. The lowest BCUT2D eigenvalue weighted by molar-refractivity contribution is -0.136. The molecule has 2 rings (SSSR count). The molecule has 1 amide bonds. The molecule has 1 aromatic heterocycles. The molecule has 0 aliphatic carbocycles. The van der Waals surface area contributed by atoms with E-state index in [0.717, 1.165) is 0 Å². The highest BCUT2D eigenvalue weighted by Gasteiger charge is 2.24. The Labute approximate surface area is 173 Å². The lowest BCUT2D eigenvalue weighted by atomic mass is 9.93. The van der Waals surface area contributed by atoms with Crippen LogP contribution >= 0.6 is 11.6 Å². The van der Waals surface area contributed by atoms with E-state index in [2.05, 4.69) is 4.98 Å². The molecule has 1 aromatic carbocycles. The third-order valence-electron chi connectivity index (χ3n) is 4.18. The molecule has 2 N–H and O–H groups in total. The maximum absolute atomic E-state index is 12.6. The number of carbonyl (C=O) groups excluding carboxylic acids is 2. The van der Waals surface area contributed by atoms with Gasteiger partial charge in [-0.25, -0.2) is 4.79 Å². The lowest BCUT2D eigenvalue weighted by Gasteiger charge is -2.15. The average molecular weight is 417 g/mol. The third-order valence-corrected chi connectivity index (χ3v) is 4.46. The van der Waals surface area contributed by atoms with E-state index in [-0.39, 0.29) is 16.2 Å². The number of nitrogens with two attached hydrogens (primary N) is 1. The van der Waals surface area contributed by atoms with E-state index in [1.165, 1.54) is 27.4 Å². The smallest absolute Gasteiger partial charge is 0.338 e. The van der Waals surface area contributed by atoms with Crippen molar-refractivity contribution in [2.75, 3.05) is 21.3 Å². The maximum Gasteiger partial charge on any atom is 0.338 e. The maximum atomic E-state index is 12.6. The van der Waals surface area contributed by atoms with Crippen molar-refractivity contribution in [3.63, 3.8) is 0 Å². The summed E-state index contributed by atoms with van der Waals surface area (Å²) in [4.78, 5) is 28.7. The van der Waals surface area contributed by atoms with E-state index in [9.17, 15) is 9.59 Å². The number of benzene rings is 1. The Morgan fingerprint density at radius 3 is 2.28 bits per heavy atom. The van der Waals surface area contributed by atoms with Crippen LogP contribution < -0.4 is 15.2 Å². The van der Waals surface area contributed by atoms with Crippen LogP contribution in [0.15, 0.2) is 47.8 Å². The summed E-state index contributed by atoms with van der Waals surface area (Å²) in [5.74, 6) is -0.772. The number of methoxy groups -OCH3 is 3. The number of rotatable bonds is 7. The van der Waals surface area contributed by atoms with E-state index < -0.39 is 11.9 Å². The number of hydrogen-bond donors (Lipinski definition) is 1. The third kappa shape index (κ3) is 4.94. The molecule has 0 aliphatic heterocycles. The molecule has 29 heavy (non-hydrogen) atoms. The van der Waals surface area contributed by atoms with Crippen LogP contribution in [0.3, 0.4) is 0 Å². The second kappa shape index (κ2) is 9.75. The van der Waals surface area contributed by atoms with Gasteiger partial charge in [-0.05, 0) is 54.0 Å². The molecule has 8 heteroatoms. The molecule has 2 aromatic rings. The highest BCUT2D eigenvalue weighted by molar-refractivity contribution is 6.32. The Kier molecular flexibility index (Phi) is 7.39. The van der Waals surface area contributed by atoms with E-state index in [1.54, 1.807) is 43.6 Å². The summed E-state index contributed by atoms with van der Waals surface area (Å²) < 4.78 is 15.5. The van der Waals surface area contributed by atoms with Crippen LogP contribution in [0.25, 0.3) is 11.6 Å².